The van der Waals surface area contributed by atoms with E-state index in [9.17, 15) is 4.79 Å². The van der Waals surface area contributed by atoms with Crippen molar-refractivity contribution in [2.45, 2.75) is 168 Å². The summed E-state index contributed by atoms with van der Waals surface area (Å²) >= 11 is 0. The van der Waals surface area contributed by atoms with E-state index in [2.05, 4.69) is 49.6 Å². The molecule has 248 valence electrons. The van der Waals surface area contributed by atoms with Crippen LogP contribution in [0.3, 0.4) is 0 Å². The number of carbonyl (C=O) groups is 1. The molecule has 1 aliphatic rings. The second-order valence-corrected chi connectivity index (χ2v) is 12.6. The van der Waals surface area contributed by atoms with E-state index in [1.54, 1.807) is 0 Å². The smallest absolute Gasteiger partial charge is 0.162 e. The molecule has 1 fully saturated rings. The highest BCUT2D eigenvalue weighted by atomic mass is 16.5. The number of allylic oxidation sites excluding steroid dienone is 2. The highest BCUT2D eigenvalue weighted by molar-refractivity contribution is 5.83. The highest BCUT2D eigenvalue weighted by Gasteiger charge is 2.21. The number of ketones is 1. The summed E-state index contributed by atoms with van der Waals surface area (Å²) in [6.45, 7) is 16.8. The minimum atomic E-state index is -0.260. The van der Waals surface area contributed by atoms with Crippen molar-refractivity contribution in [2.24, 2.45) is 0 Å². The van der Waals surface area contributed by atoms with Crippen LogP contribution in [-0.4, -0.2) is 80.3 Å². The first-order valence-corrected chi connectivity index (χ1v) is 18.5. The zero-order valence-corrected chi connectivity index (χ0v) is 28.7. The molecule has 1 heterocycles. The largest absolute Gasteiger partial charge is 0.378 e. The van der Waals surface area contributed by atoms with Crippen molar-refractivity contribution in [1.29, 1.82) is 0 Å². The SMILES string of the molecule is CCCCCCCC/C=C\CCCCCCCCOC(CC)CCOC(CC)C(=O)CCN1CCN(CCCC)CC1. The third kappa shape index (κ3) is 21.9. The lowest BCUT2D eigenvalue weighted by Gasteiger charge is -2.34. The first kappa shape index (κ1) is 39.3. The molecule has 0 saturated carbocycles. The number of hydrogen-bond acceptors (Lipinski definition) is 5. The lowest BCUT2D eigenvalue weighted by molar-refractivity contribution is -0.132. The van der Waals surface area contributed by atoms with Gasteiger partial charge < -0.3 is 19.3 Å². The topological polar surface area (TPSA) is 42.0 Å². The molecule has 1 rings (SSSR count). The molecule has 42 heavy (non-hydrogen) atoms. The van der Waals surface area contributed by atoms with Gasteiger partial charge in [0.2, 0.25) is 0 Å². The average Bonchev–Trinajstić information content (AvgIpc) is 3.01. The normalized spacial score (nSPS) is 16.4. The molecule has 1 aliphatic heterocycles. The number of nitrogens with zero attached hydrogens (tertiary/aromatic N) is 2. The molecule has 0 amide bonds. The third-order valence-electron chi connectivity index (χ3n) is 8.92. The Morgan fingerprint density at radius 3 is 1.74 bits per heavy atom. The number of rotatable bonds is 30. The standard InChI is InChI=1S/C37H72N2O3/c1-5-9-11-12-13-14-15-16-17-18-19-20-21-22-23-24-33-41-35(7-3)26-34-42-37(8-4)36(40)25-28-39-31-29-38(30-32-39)27-10-6-2/h16-17,35,37H,5-15,18-34H2,1-4H3/b17-16-. The Morgan fingerprint density at radius 2 is 1.17 bits per heavy atom. The van der Waals surface area contributed by atoms with E-state index >= 15 is 0 Å². The summed E-state index contributed by atoms with van der Waals surface area (Å²) in [5.74, 6) is 0.268. The molecular formula is C37H72N2O3. The third-order valence-corrected chi connectivity index (χ3v) is 8.92. The first-order valence-electron chi connectivity index (χ1n) is 18.5. The number of piperazine rings is 1. The summed E-state index contributed by atoms with van der Waals surface area (Å²) < 4.78 is 12.2. The van der Waals surface area contributed by atoms with Gasteiger partial charge in [-0.3, -0.25) is 4.79 Å². The van der Waals surface area contributed by atoms with Crippen molar-refractivity contribution in [3.8, 4) is 0 Å². The van der Waals surface area contributed by atoms with Crippen molar-refractivity contribution in [3.05, 3.63) is 12.2 Å². The number of unbranched alkanes of at least 4 members (excludes halogenated alkanes) is 13. The Kier molecular flexibility index (Phi) is 27.1. The molecule has 1 saturated heterocycles. The summed E-state index contributed by atoms with van der Waals surface area (Å²) in [5.41, 5.74) is 0. The molecule has 5 heteroatoms. The Morgan fingerprint density at radius 1 is 0.619 bits per heavy atom. The molecule has 0 bridgehead atoms. The predicted octanol–water partition coefficient (Wildman–Crippen LogP) is 9.38. The molecular weight excluding hydrogens is 520 g/mol. The summed E-state index contributed by atoms with van der Waals surface area (Å²) in [7, 11) is 0. The summed E-state index contributed by atoms with van der Waals surface area (Å²) in [6.07, 6.45) is 29.2. The number of ether oxygens (including phenoxy) is 2. The molecule has 0 spiro atoms. The molecule has 2 atom stereocenters. The van der Waals surface area contributed by atoms with E-state index < -0.39 is 0 Å². The van der Waals surface area contributed by atoms with Crippen molar-refractivity contribution >= 4 is 5.78 Å². The highest BCUT2D eigenvalue weighted by Crippen LogP contribution is 2.13. The van der Waals surface area contributed by atoms with E-state index in [1.807, 2.05) is 0 Å². The number of carbonyl (C=O) groups excluding carboxylic acids is 1. The fourth-order valence-corrected chi connectivity index (χ4v) is 5.83. The van der Waals surface area contributed by atoms with Crippen LogP contribution >= 0.6 is 0 Å². The molecule has 0 aromatic carbocycles. The quantitative estimate of drug-likeness (QED) is 0.0614. The van der Waals surface area contributed by atoms with Gasteiger partial charge in [0, 0.05) is 45.8 Å². The monoisotopic (exact) mass is 593 g/mol. The van der Waals surface area contributed by atoms with Gasteiger partial charge >= 0.3 is 0 Å². The fraction of sp³-hybridized carbons (Fsp3) is 0.919. The van der Waals surface area contributed by atoms with Gasteiger partial charge in [0.1, 0.15) is 6.10 Å². The number of Topliss-reactive ketones (excluding diaryl/α,β-unsaturated/α-hetero) is 1. The Bertz CT molecular complexity index is 618. The van der Waals surface area contributed by atoms with Crippen LogP contribution in [-0.2, 0) is 14.3 Å². The Balaban J connectivity index is 1.99. The second kappa shape index (κ2) is 29.0. The zero-order valence-electron chi connectivity index (χ0n) is 28.7. The van der Waals surface area contributed by atoms with Gasteiger partial charge in [0.15, 0.2) is 5.78 Å². The predicted molar refractivity (Wildman–Crippen MR) is 182 cm³/mol. The summed E-state index contributed by atoms with van der Waals surface area (Å²) in [6, 6.07) is 0. The maximum atomic E-state index is 12.8. The van der Waals surface area contributed by atoms with E-state index in [0.29, 0.717) is 13.0 Å². The van der Waals surface area contributed by atoms with Gasteiger partial charge in [0.05, 0.1) is 12.7 Å². The van der Waals surface area contributed by atoms with E-state index in [1.165, 1.54) is 103 Å². The zero-order chi connectivity index (χ0) is 30.5. The van der Waals surface area contributed by atoms with Crippen molar-refractivity contribution in [2.75, 3.05) is 52.5 Å². The second-order valence-electron chi connectivity index (χ2n) is 12.6. The van der Waals surface area contributed by atoms with Gasteiger partial charge in [-0.05, 0) is 64.3 Å². The summed E-state index contributed by atoms with van der Waals surface area (Å²) in [5, 5.41) is 0. The molecule has 0 N–H and O–H groups in total. The van der Waals surface area contributed by atoms with Crippen molar-refractivity contribution < 1.29 is 14.3 Å². The van der Waals surface area contributed by atoms with Gasteiger partial charge in [0.25, 0.3) is 0 Å². The minimum absolute atomic E-state index is 0.240. The van der Waals surface area contributed by atoms with Gasteiger partial charge in [-0.25, -0.2) is 0 Å². The molecule has 0 aliphatic carbocycles. The lowest BCUT2D eigenvalue weighted by atomic mass is 10.1. The van der Waals surface area contributed by atoms with Crippen molar-refractivity contribution in [1.82, 2.24) is 9.80 Å². The maximum absolute atomic E-state index is 12.8. The first-order chi connectivity index (χ1) is 20.6. The van der Waals surface area contributed by atoms with Crippen LogP contribution in [0.25, 0.3) is 0 Å². The van der Waals surface area contributed by atoms with Crippen LogP contribution in [0, 0.1) is 0 Å². The number of hydrogen-bond donors (Lipinski definition) is 0. The minimum Gasteiger partial charge on any atom is -0.378 e. The van der Waals surface area contributed by atoms with E-state index in [4.69, 9.17) is 9.47 Å². The lowest BCUT2D eigenvalue weighted by Crippen LogP contribution is -2.47. The van der Waals surface area contributed by atoms with Crippen LogP contribution in [0.15, 0.2) is 12.2 Å². The van der Waals surface area contributed by atoms with Crippen LogP contribution in [0.1, 0.15) is 156 Å². The van der Waals surface area contributed by atoms with Crippen LogP contribution in [0.2, 0.25) is 0 Å². The van der Waals surface area contributed by atoms with E-state index in [0.717, 1.165) is 65.0 Å². The fourth-order valence-electron chi connectivity index (χ4n) is 5.83. The van der Waals surface area contributed by atoms with Crippen LogP contribution in [0.5, 0.6) is 0 Å². The Hall–Kier alpha value is -0.750. The van der Waals surface area contributed by atoms with Crippen molar-refractivity contribution in [3.63, 3.8) is 0 Å². The van der Waals surface area contributed by atoms with Crippen LogP contribution in [0.4, 0.5) is 0 Å². The molecule has 0 aromatic heterocycles. The summed E-state index contributed by atoms with van der Waals surface area (Å²) in [4.78, 5) is 17.8. The maximum Gasteiger partial charge on any atom is 0.162 e. The molecule has 2 unspecified atom stereocenters. The van der Waals surface area contributed by atoms with Gasteiger partial charge in [-0.15, -0.1) is 0 Å². The van der Waals surface area contributed by atoms with E-state index in [-0.39, 0.29) is 18.0 Å². The molecule has 5 nitrogen and oxygen atoms in total. The molecule has 0 aromatic rings. The van der Waals surface area contributed by atoms with Gasteiger partial charge in [-0.1, -0.05) is 104 Å². The van der Waals surface area contributed by atoms with Gasteiger partial charge in [-0.2, -0.15) is 0 Å². The Labute approximate surface area is 262 Å². The average molecular weight is 593 g/mol. The molecule has 0 radical (unpaired) electrons. The van der Waals surface area contributed by atoms with Crippen LogP contribution < -0.4 is 0 Å².